The van der Waals surface area contributed by atoms with E-state index in [1.807, 2.05) is 29.6 Å². The molecule has 0 aliphatic rings. The van der Waals surface area contributed by atoms with Gasteiger partial charge in [-0.25, -0.2) is 4.98 Å². The molecule has 102 valence electrons. The number of nitrogens with zero attached hydrogens (tertiary/aromatic N) is 1. The van der Waals surface area contributed by atoms with E-state index in [2.05, 4.69) is 4.98 Å². The van der Waals surface area contributed by atoms with Crippen LogP contribution in [-0.4, -0.2) is 33.7 Å². The number of thioether (sulfide) groups is 1. The van der Waals surface area contributed by atoms with Gasteiger partial charge in [0, 0.05) is 22.4 Å². The normalized spacial score (nSPS) is 12.6. The van der Waals surface area contributed by atoms with Crippen molar-refractivity contribution in [2.45, 2.75) is 11.9 Å². The Labute approximate surface area is 125 Å². The molecule has 3 nitrogen and oxygen atoms in total. The average molecular weight is 316 g/mol. The Hall–Kier alpha value is -0.590. The number of hydrogen-bond acceptors (Lipinski definition) is 5. The molecule has 2 aromatic rings. The maximum atomic E-state index is 9.25. The van der Waals surface area contributed by atoms with Crippen LogP contribution in [0.1, 0.15) is 5.69 Å². The van der Waals surface area contributed by atoms with Crippen molar-refractivity contribution >= 4 is 34.7 Å². The Kier molecular flexibility index (Phi) is 5.66. The minimum Gasteiger partial charge on any atom is -0.394 e. The third-order valence-corrected chi connectivity index (χ3v) is 4.80. The Morgan fingerprint density at radius 2 is 2.16 bits per heavy atom. The van der Waals surface area contributed by atoms with Crippen molar-refractivity contribution in [3.8, 4) is 10.6 Å². The van der Waals surface area contributed by atoms with E-state index < -0.39 is 6.10 Å². The highest BCUT2D eigenvalue weighted by Crippen LogP contribution is 2.30. The van der Waals surface area contributed by atoms with Crippen LogP contribution in [0.2, 0.25) is 5.02 Å². The molecule has 0 spiro atoms. The van der Waals surface area contributed by atoms with E-state index >= 15 is 0 Å². The van der Waals surface area contributed by atoms with Gasteiger partial charge >= 0.3 is 0 Å². The molecule has 1 aromatic carbocycles. The molecule has 2 rings (SSSR count). The van der Waals surface area contributed by atoms with Gasteiger partial charge in [-0.05, 0) is 6.07 Å². The number of aliphatic hydroxyl groups is 2. The smallest absolute Gasteiger partial charge is 0.125 e. The first kappa shape index (κ1) is 14.8. The number of thiazole rings is 1. The van der Waals surface area contributed by atoms with Gasteiger partial charge in [0.1, 0.15) is 5.01 Å². The molecule has 2 N–H and O–H groups in total. The van der Waals surface area contributed by atoms with Crippen LogP contribution >= 0.6 is 34.7 Å². The van der Waals surface area contributed by atoms with Crippen LogP contribution in [0.3, 0.4) is 0 Å². The summed E-state index contributed by atoms with van der Waals surface area (Å²) in [5.41, 5.74) is 1.91. The van der Waals surface area contributed by atoms with Gasteiger partial charge in [0.15, 0.2) is 0 Å². The van der Waals surface area contributed by atoms with Crippen molar-refractivity contribution in [2.24, 2.45) is 0 Å². The lowest BCUT2D eigenvalue weighted by Gasteiger charge is -2.04. The van der Waals surface area contributed by atoms with E-state index in [9.17, 15) is 5.11 Å². The zero-order valence-electron chi connectivity index (χ0n) is 10.1. The first-order valence-electron chi connectivity index (χ1n) is 5.76. The van der Waals surface area contributed by atoms with Crippen molar-refractivity contribution in [3.63, 3.8) is 0 Å². The third-order valence-electron chi connectivity index (χ3n) is 2.43. The summed E-state index contributed by atoms with van der Waals surface area (Å²) in [6.45, 7) is -0.199. The first-order valence-corrected chi connectivity index (χ1v) is 8.18. The molecule has 0 saturated carbocycles. The van der Waals surface area contributed by atoms with Gasteiger partial charge in [-0.2, -0.15) is 11.8 Å². The zero-order chi connectivity index (χ0) is 13.7. The first-order chi connectivity index (χ1) is 9.20. The molecule has 0 aliphatic carbocycles. The van der Waals surface area contributed by atoms with Crippen LogP contribution < -0.4 is 0 Å². The van der Waals surface area contributed by atoms with Gasteiger partial charge in [0.2, 0.25) is 0 Å². The van der Waals surface area contributed by atoms with E-state index in [1.54, 1.807) is 23.1 Å². The Morgan fingerprint density at radius 3 is 2.89 bits per heavy atom. The van der Waals surface area contributed by atoms with E-state index in [1.165, 1.54) is 0 Å². The molecule has 1 aromatic heterocycles. The van der Waals surface area contributed by atoms with Gasteiger partial charge in [-0.15, -0.1) is 11.3 Å². The topological polar surface area (TPSA) is 53.4 Å². The average Bonchev–Trinajstić information content (AvgIpc) is 2.87. The highest BCUT2D eigenvalue weighted by molar-refractivity contribution is 7.98. The summed E-state index contributed by atoms with van der Waals surface area (Å²) in [4.78, 5) is 4.53. The maximum Gasteiger partial charge on any atom is 0.125 e. The van der Waals surface area contributed by atoms with E-state index in [0.29, 0.717) is 10.8 Å². The number of aliphatic hydroxyl groups excluding tert-OH is 2. The number of aromatic nitrogens is 1. The van der Waals surface area contributed by atoms with Gasteiger partial charge in [-0.1, -0.05) is 29.8 Å². The molecule has 0 amide bonds. The van der Waals surface area contributed by atoms with Crippen molar-refractivity contribution in [3.05, 3.63) is 40.4 Å². The monoisotopic (exact) mass is 315 g/mol. The lowest BCUT2D eigenvalue weighted by Crippen LogP contribution is -2.14. The van der Waals surface area contributed by atoms with Gasteiger partial charge in [0.25, 0.3) is 0 Å². The van der Waals surface area contributed by atoms with Gasteiger partial charge < -0.3 is 10.2 Å². The van der Waals surface area contributed by atoms with Crippen molar-refractivity contribution in [1.29, 1.82) is 0 Å². The highest BCUT2D eigenvalue weighted by Gasteiger charge is 2.09. The van der Waals surface area contributed by atoms with E-state index in [4.69, 9.17) is 16.7 Å². The largest absolute Gasteiger partial charge is 0.394 e. The quantitative estimate of drug-likeness (QED) is 0.860. The lowest BCUT2D eigenvalue weighted by molar-refractivity contribution is 0.113. The summed E-state index contributed by atoms with van der Waals surface area (Å²) in [7, 11) is 0. The fourth-order valence-corrected chi connectivity index (χ4v) is 3.58. The van der Waals surface area contributed by atoms with Gasteiger partial charge in [0.05, 0.1) is 23.4 Å². The molecule has 0 bridgehead atoms. The molecular weight excluding hydrogens is 302 g/mol. The summed E-state index contributed by atoms with van der Waals surface area (Å²) < 4.78 is 0. The van der Waals surface area contributed by atoms with Crippen LogP contribution in [0.5, 0.6) is 0 Å². The number of benzene rings is 1. The van der Waals surface area contributed by atoms with Crippen LogP contribution in [0.4, 0.5) is 0 Å². The number of halogens is 1. The Bertz CT molecular complexity index is 533. The maximum absolute atomic E-state index is 9.25. The molecule has 0 aliphatic heterocycles. The fourth-order valence-electron chi connectivity index (χ4n) is 1.48. The third kappa shape index (κ3) is 4.19. The molecule has 6 heteroatoms. The minimum atomic E-state index is -0.660. The predicted molar refractivity (Wildman–Crippen MR) is 81.8 cm³/mol. The summed E-state index contributed by atoms with van der Waals surface area (Å²) >= 11 is 9.25. The minimum absolute atomic E-state index is 0.199. The molecular formula is C13H14ClNO2S2. The van der Waals surface area contributed by atoms with Gasteiger partial charge in [-0.3, -0.25) is 0 Å². The molecule has 1 atom stereocenters. The van der Waals surface area contributed by atoms with Crippen LogP contribution in [0.25, 0.3) is 10.6 Å². The van der Waals surface area contributed by atoms with Crippen molar-refractivity contribution in [1.82, 2.24) is 4.98 Å². The molecule has 0 saturated heterocycles. The summed E-state index contributed by atoms with van der Waals surface area (Å²) in [6, 6.07) is 7.64. The van der Waals surface area contributed by atoms with Crippen LogP contribution in [0.15, 0.2) is 29.6 Å². The molecule has 19 heavy (non-hydrogen) atoms. The molecule has 0 fully saturated rings. The van der Waals surface area contributed by atoms with E-state index in [-0.39, 0.29) is 6.61 Å². The Morgan fingerprint density at radius 1 is 1.37 bits per heavy atom. The highest BCUT2D eigenvalue weighted by atomic mass is 35.5. The Balaban J connectivity index is 1.98. The van der Waals surface area contributed by atoms with Crippen molar-refractivity contribution in [2.75, 3.05) is 12.4 Å². The van der Waals surface area contributed by atoms with Crippen LogP contribution in [0, 0.1) is 0 Å². The summed E-state index contributed by atoms with van der Waals surface area (Å²) in [5, 5.41) is 21.6. The predicted octanol–water partition coefficient (Wildman–Crippen LogP) is 3.05. The molecule has 0 radical (unpaired) electrons. The zero-order valence-corrected chi connectivity index (χ0v) is 12.5. The summed E-state index contributed by atoms with van der Waals surface area (Å²) in [5.74, 6) is 1.23. The lowest BCUT2D eigenvalue weighted by atomic mass is 10.2. The second kappa shape index (κ2) is 7.26. The second-order valence-electron chi connectivity index (χ2n) is 3.98. The van der Waals surface area contributed by atoms with E-state index in [0.717, 1.165) is 22.0 Å². The summed E-state index contributed by atoms with van der Waals surface area (Å²) in [6.07, 6.45) is -0.660. The van der Waals surface area contributed by atoms with Crippen molar-refractivity contribution < 1.29 is 10.2 Å². The number of rotatable bonds is 6. The standard InChI is InChI=1S/C13H14ClNO2S2/c14-12-4-2-1-3-11(12)13-15-9(7-19-13)6-18-8-10(17)5-16/h1-4,7,10,16-17H,5-6,8H2. The fraction of sp³-hybridized carbons (Fsp3) is 0.308. The van der Waals surface area contributed by atoms with Crippen LogP contribution in [-0.2, 0) is 5.75 Å². The second-order valence-corrected chi connectivity index (χ2v) is 6.27. The molecule has 1 unspecified atom stereocenters. The SMILES string of the molecule is OCC(O)CSCc1csc(-c2ccccc2Cl)n1. The number of hydrogen-bond donors (Lipinski definition) is 2. The molecule has 1 heterocycles.